The number of hydrogen-bond donors (Lipinski definition) is 1. The van der Waals surface area contributed by atoms with Gasteiger partial charge in [-0.25, -0.2) is 0 Å². The molecule has 0 unspecified atom stereocenters. The topological polar surface area (TPSA) is 46.3 Å². The normalized spacial score (nSPS) is 15.3. The summed E-state index contributed by atoms with van der Waals surface area (Å²) in [6, 6.07) is 6.06. The monoisotopic (exact) mass is 268 g/mol. The SMILES string of the molecule is NCc1ccc2c(c1)CCC(=O)N2CBr. The number of rotatable bonds is 2. The molecule has 0 aromatic heterocycles. The molecule has 0 saturated carbocycles. The summed E-state index contributed by atoms with van der Waals surface area (Å²) in [5.74, 6) is 0.180. The summed E-state index contributed by atoms with van der Waals surface area (Å²) >= 11 is 3.34. The summed E-state index contributed by atoms with van der Waals surface area (Å²) in [5, 5.41) is 0. The van der Waals surface area contributed by atoms with Crippen LogP contribution in [0.1, 0.15) is 17.5 Å². The largest absolute Gasteiger partial charge is 0.326 e. The number of anilines is 1. The molecular weight excluding hydrogens is 256 g/mol. The van der Waals surface area contributed by atoms with Crippen LogP contribution in [-0.2, 0) is 17.8 Å². The van der Waals surface area contributed by atoms with Crippen LogP contribution in [-0.4, -0.2) is 11.4 Å². The molecule has 1 aliphatic rings. The maximum atomic E-state index is 11.6. The Morgan fingerprint density at radius 3 is 2.87 bits per heavy atom. The average molecular weight is 269 g/mol. The molecule has 1 aromatic carbocycles. The van der Waals surface area contributed by atoms with E-state index in [0.717, 1.165) is 17.7 Å². The first-order valence-electron chi connectivity index (χ1n) is 4.94. The minimum Gasteiger partial charge on any atom is -0.326 e. The molecule has 2 rings (SSSR count). The maximum absolute atomic E-state index is 11.6. The number of fused-ring (bicyclic) bond motifs is 1. The third-order valence-electron chi connectivity index (χ3n) is 2.70. The molecule has 0 fully saturated rings. The molecule has 80 valence electrons. The second-order valence-corrected chi connectivity index (χ2v) is 4.11. The van der Waals surface area contributed by atoms with Crippen molar-refractivity contribution >= 4 is 27.5 Å². The number of hydrogen-bond acceptors (Lipinski definition) is 2. The third kappa shape index (κ3) is 1.92. The van der Waals surface area contributed by atoms with E-state index < -0.39 is 0 Å². The van der Waals surface area contributed by atoms with E-state index in [1.165, 1.54) is 5.56 Å². The van der Waals surface area contributed by atoms with Gasteiger partial charge in [-0.2, -0.15) is 0 Å². The highest BCUT2D eigenvalue weighted by Gasteiger charge is 2.22. The number of aryl methyl sites for hydroxylation is 1. The van der Waals surface area contributed by atoms with Gasteiger partial charge in [0.25, 0.3) is 0 Å². The quantitative estimate of drug-likeness (QED) is 0.657. The first-order valence-corrected chi connectivity index (χ1v) is 6.06. The second kappa shape index (κ2) is 4.33. The number of alkyl halides is 1. The van der Waals surface area contributed by atoms with Crippen molar-refractivity contribution in [3.63, 3.8) is 0 Å². The molecule has 0 aliphatic carbocycles. The Hall–Kier alpha value is -0.870. The number of nitrogens with two attached hydrogens (primary N) is 1. The zero-order valence-corrected chi connectivity index (χ0v) is 9.96. The molecule has 1 aliphatic heterocycles. The first kappa shape index (κ1) is 10.6. The second-order valence-electron chi connectivity index (χ2n) is 3.61. The molecule has 3 nitrogen and oxygen atoms in total. The van der Waals surface area contributed by atoms with Crippen LogP contribution in [0, 0.1) is 0 Å². The number of halogens is 1. The van der Waals surface area contributed by atoms with Crippen molar-refractivity contribution in [2.24, 2.45) is 5.73 Å². The van der Waals surface area contributed by atoms with Crippen molar-refractivity contribution in [1.82, 2.24) is 0 Å². The Morgan fingerprint density at radius 1 is 1.40 bits per heavy atom. The lowest BCUT2D eigenvalue weighted by Gasteiger charge is -2.27. The highest BCUT2D eigenvalue weighted by molar-refractivity contribution is 9.09. The highest BCUT2D eigenvalue weighted by Crippen LogP contribution is 2.29. The van der Waals surface area contributed by atoms with Gasteiger partial charge in [0.1, 0.15) is 0 Å². The fourth-order valence-corrected chi connectivity index (χ4v) is 2.42. The Balaban J connectivity index is 2.42. The first-order chi connectivity index (χ1) is 7.26. The zero-order valence-electron chi connectivity index (χ0n) is 8.37. The van der Waals surface area contributed by atoms with Crippen LogP contribution in [0.4, 0.5) is 5.69 Å². The van der Waals surface area contributed by atoms with E-state index in [9.17, 15) is 4.79 Å². The van der Waals surface area contributed by atoms with Crippen LogP contribution in [0.25, 0.3) is 0 Å². The molecule has 1 amide bonds. The lowest BCUT2D eigenvalue weighted by molar-refractivity contribution is -0.118. The van der Waals surface area contributed by atoms with Gasteiger partial charge in [-0.05, 0) is 23.6 Å². The van der Waals surface area contributed by atoms with E-state index in [1.54, 1.807) is 4.90 Å². The van der Waals surface area contributed by atoms with Gasteiger partial charge < -0.3 is 10.6 Å². The predicted octanol–water partition coefficient (Wildman–Crippen LogP) is 1.78. The van der Waals surface area contributed by atoms with Crippen LogP contribution in [0.5, 0.6) is 0 Å². The molecule has 2 N–H and O–H groups in total. The highest BCUT2D eigenvalue weighted by atomic mass is 79.9. The summed E-state index contributed by atoms with van der Waals surface area (Å²) < 4.78 is 0. The van der Waals surface area contributed by atoms with E-state index in [0.29, 0.717) is 18.4 Å². The molecule has 0 spiro atoms. The molecule has 0 atom stereocenters. The molecular formula is C11H13BrN2O. The van der Waals surface area contributed by atoms with Gasteiger partial charge in [-0.3, -0.25) is 4.79 Å². The Labute approximate surface area is 97.4 Å². The summed E-state index contributed by atoms with van der Waals surface area (Å²) in [7, 11) is 0. The van der Waals surface area contributed by atoms with Gasteiger partial charge in [0.05, 0.1) is 5.45 Å². The van der Waals surface area contributed by atoms with Crippen molar-refractivity contribution in [2.75, 3.05) is 10.4 Å². The van der Waals surface area contributed by atoms with Crippen LogP contribution in [0.15, 0.2) is 18.2 Å². The maximum Gasteiger partial charge on any atom is 0.228 e. The lowest BCUT2D eigenvalue weighted by Crippen LogP contribution is -2.33. The minimum absolute atomic E-state index is 0.180. The van der Waals surface area contributed by atoms with Gasteiger partial charge in [-0.1, -0.05) is 28.1 Å². The van der Waals surface area contributed by atoms with Crippen molar-refractivity contribution in [1.29, 1.82) is 0 Å². The number of benzene rings is 1. The minimum atomic E-state index is 0.180. The average Bonchev–Trinajstić information content (AvgIpc) is 2.28. The van der Waals surface area contributed by atoms with Crippen molar-refractivity contribution in [2.45, 2.75) is 19.4 Å². The number of carbonyl (C=O) groups is 1. The molecule has 0 saturated heterocycles. The van der Waals surface area contributed by atoms with Crippen molar-refractivity contribution < 1.29 is 4.79 Å². The smallest absolute Gasteiger partial charge is 0.228 e. The van der Waals surface area contributed by atoms with E-state index in [1.807, 2.05) is 12.1 Å². The lowest BCUT2D eigenvalue weighted by atomic mass is 9.99. The molecule has 15 heavy (non-hydrogen) atoms. The molecule has 0 radical (unpaired) electrons. The van der Waals surface area contributed by atoms with E-state index in [4.69, 9.17) is 5.73 Å². The van der Waals surface area contributed by atoms with Gasteiger partial charge >= 0.3 is 0 Å². The van der Waals surface area contributed by atoms with Gasteiger partial charge in [0, 0.05) is 18.7 Å². The Morgan fingerprint density at radius 2 is 2.20 bits per heavy atom. The van der Waals surface area contributed by atoms with Crippen molar-refractivity contribution in [3.05, 3.63) is 29.3 Å². The predicted molar refractivity (Wildman–Crippen MR) is 63.9 cm³/mol. The molecule has 0 bridgehead atoms. The van der Waals surface area contributed by atoms with Crippen LogP contribution < -0.4 is 10.6 Å². The standard InChI is InChI=1S/C11H13BrN2O/c12-7-14-10-3-1-8(6-13)5-9(10)2-4-11(14)15/h1,3,5H,2,4,6-7,13H2. The van der Waals surface area contributed by atoms with E-state index in [-0.39, 0.29) is 5.91 Å². The summed E-state index contributed by atoms with van der Waals surface area (Å²) in [4.78, 5) is 13.4. The summed E-state index contributed by atoms with van der Waals surface area (Å²) in [6.07, 6.45) is 1.41. The molecule has 1 aromatic rings. The van der Waals surface area contributed by atoms with Crippen LogP contribution >= 0.6 is 15.9 Å². The van der Waals surface area contributed by atoms with Gasteiger partial charge in [0.2, 0.25) is 5.91 Å². The van der Waals surface area contributed by atoms with E-state index >= 15 is 0 Å². The zero-order chi connectivity index (χ0) is 10.8. The molecule has 1 heterocycles. The molecule has 4 heteroatoms. The Kier molecular flexibility index (Phi) is 3.07. The van der Waals surface area contributed by atoms with Crippen LogP contribution in [0.2, 0.25) is 0 Å². The third-order valence-corrected chi connectivity index (χ3v) is 3.20. The number of nitrogens with zero attached hydrogens (tertiary/aromatic N) is 1. The number of carbonyl (C=O) groups excluding carboxylic acids is 1. The Bertz CT molecular complexity index is 392. The number of amides is 1. The van der Waals surface area contributed by atoms with E-state index in [2.05, 4.69) is 22.0 Å². The van der Waals surface area contributed by atoms with Gasteiger partial charge in [0.15, 0.2) is 0 Å². The van der Waals surface area contributed by atoms with Gasteiger partial charge in [-0.15, -0.1) is 0 Å². The fourth-order valence-electron chi connectivity index (χ4n) is 1.87. The van der Waals surface area contributed by atoms with Crippen LogP contribution in [0.3, 0.4) is 0 Å². The van der Waals surface area contributed by atoms with Crippen molar-refractivity contribution in [3.8, 4) is 0 Å². The summed E-state index contributed by atoms with van der Waals surface area (Å²) in [5.41, 5.74) is 9.50. The fraction of sp³-hybridized carbons (Fsp3) is 0.364. The summed E-state index contributed by atoms with van der Waals surface area (Å²) in [6.45, 7) is 0.551.